The normalized spacial score (nSPS) is 19.6. The maximum absolute atomic E-state index is 13.9. The van der Waals surface area contributed by atoms with Crippen molar-refractivity contribution >= 4 is 34.5 Å². The number of carboxylic acid groups (broad SMARTS) is 1. The predicted octanol–water partition coefficient (Wildman–Crippen LogP) is 4.52. The number of fused-ring (bicyclic) bond motifs is 1. The fourth-order valence-corrected chi connectivity index (χ4v) is 5.97. The first-order chi connectivity index (χ1) is 18.7. The number of carbonyl (C=O) groups is 4. The molecule has 2 aromatic carbocycles. The van der Waals surface area contributed by atoms with Crippen LogP contribution >= 0.6 is 0 Å². The Kier molecular flexibility index (Phi) is 9.59. The topological polar surface area (TPSA) is 116 Å². The minimum Gasteiger partial charge on any atom is -0.481 e. The zero-order valence-electron chi connectivity index (χ0n) is 23.0. The van der Waals surface area contributed by atoms with Gasteiger partial charge in [0.2, 0.25) is 11.8 Å². The van der Waals surface area contributed by atoms with Gasteiger partial charge in [0.05, 0.1) is 6.42 Å². The van der Waals surface area contributed by atoms with Crippen LogP contribution in [0.5, 0.6) is 0 Å². The van der Waals surface area contributed by atoms with E-state index in [4.69, 9.17) is 0 Å². The first-order valence-corrected chi connectivity index (χ1v) is 14.3. The molecular formula is C31H41N3O5. The standard InChI is InChI=1S/C31H41N3O5/c1-20(2)25(19-28(35)36)32-30(38)27-13-8-16-34(27)31(39)26(17-21-9-4-3-5-10-21)33-29(37)24-15-14-22-11-6-7-12-23(22)18-24/h6-7,11-12,14-15,18,20-21,25-27H,3-5,8-10,13,16-17,19H2,1-2H3,(H,32,38)(H,33,37)(H,35,36)/t25?,26-,27+/m1/s1. The summed E-state index contributed by atoms with van der Waals surface area (Å²) in [7, 11) is 0. The highest BCUT2D eigenvalue weighted by Gasteiger charge is 2.39. The molecule has 8 heteroatoms. The third-order valence-electron chi connectivity index (χ3n) is 8.27. The number of likely N-dealkylation sites (tertiary alicyclic amines) is 1. The van der Waals surface area contributed by atoms with Crippen molar-refractivity contribution in [3.63, 3.8) is 0 Å². The summed E-state index contributed by atoms with van der Waals surface area (Å²) in [5.74, 6) is -1.53. The van der Waals surface area contributed by atoms with Crippen LogP contribution in [0.25, 0.3) is 10.8 Å². The van der Waals surface area contributed by atoms with E-state index < -0.39 is 24.1 Å². The second kappa shape index (κ2) is 13.1. The largest absolute Gasteiger partial charge is 0.481 e. The Morgan fingerprint density at radius 1 is 0.923 bits per heavy atom. The Labute approximate surface area is 230 Å². The average molecular weight is 536 g/mol. The van der Waals surface area contributed by atoms with Gasteiger partial charge in [-0.05, 0) is 54.0 Å². The first kappa shape index (κ1) is 28.6. The van der Waals surface area contributed by atoms with Crippen LogP contribution in [0, 0.1) is 11.8 Å². The van der Waals surface area contributed by atoms with Crippen LogP contribution in [0.15, 0.2) is 42.5 Å². The molecule has 1 unspecified atom stereocenters. The molecule has 0 aromatic heterocycles. The van der Waals surface area contributed by atoms with Crippen molar-refractivity contribution in [2.45, 2.75) is 89.8 Å². The molecule has 0 bridgehead atoms. The number of nitrogens with zero attached hydrogens (tertiary/aromatic N) is 1. The number of hydrogen-bond donors (Lipinski definition) is 3. The van der Waals surface area contributed by atoms with Gasteiger partial charge in [0.15, 0.2) is 0 Å². The summed E-state index contributed by atoms with van der Waals surface area (Å²) in [4.78, 5) is 53.5. The van der Waals surface area contributed by atoms with Crippen LogP contribution in [-0.4, -0.2) is 58.4 Å². The summed E-state index contributed by atoms with van der Waals surface area (Å²) in [6, 6.07) is 11.5. The first-order valence-electron chi connectivity index (χ1n) is 14.3. The quantitative estimate of drug-likeness (QED) is 0.414. The SMILES string of the molecule is CC(C)C(CC(=O)O)NC(=O)[C@@H]1CCCN1C(=O)[C@@H](CC1CCCCC1)NC(=O)c1ccc2ccccc2c1. The maximum Gasteiger partial charge on any atom is 0.305 e. The molecule has 39 heavy (non-hydrogen) atoms. The second-order valence-corrected chi connectivity index (χ2v) is 11.5. The van der Waals surface area contributed by atoms with Crippen molar-refractivity contribution < 1.29 is 24.3 Å². The number of aliphatic carboxylic acids is 1. The van der Waals surface area contributed by atoms with Crippen molar-refractivity contribution in [2.75, 3.05) is 6.54 Å². The molecule has 1 saturated carbocycles. The van der Waals surface area contributed by atoms with E-state index in [9.17, 15) is 24.3 Å². The minimum absolute atomic E-state index is 0.0594. The number of carboxylic acids is 1. The lowest BCUT2D eigenvalue weighted by Crippen LogP contribution is -2.55. The summed E-state index contributed by atoms with van der Waals surface area (Å²) in [5.41, 5.74) is 0.499. The molecule has 2 fully saturated rings. The highest BCUT2D eigenvalue weighted by atomic mass is 16.4. The van der Waals surface area contributed by atoms with Gasteiger partial charge in [-0.1, -0.05) is 76.3 Å². The number of carbonyl (C=O) groups excluding carboxylic acids is 3. The number of nitrogens with one attached hydrogen (secondary N) is 2. The van der Waals surface area contributed by atoms with Gasteiger partial charge in [0.1, 0.15) is 12.1 Å². The molecule has 4 rings (SSSR count). The molecule has 2 aromatic rings. The lowest BCUT2D eigenvalue weighted by atomic mass is 9.84. The highest BCUT2D eigenvalue weighted by molar-refractivity contribution is 6.01. The molecule has 3 atom stereocenters. The summed E-state index contributed by atoms with van der Waals surface area (Å²) in [6.07, 6.45) is 7.09. The molecule has 1 aliphatic carbocycles. The van der Waals surface area contributed by atoms with Gasteiger partial charge in [-0.15, -0.1) is 0 Å². The van der Waals surface area contributed by atoms with Crippen molar-refractivity contribution in [3.05, 3.63) is 48.0 Å². The number of hydrogen-bond acceptors (Lipinski definition) is 4. The summed E-state index contributed by atoms with van der Waals surface area (Å²) < 4.78 is 0. The van der Waals surface area contributed by atoms with E-state index in [2.05, 4.69) is 10.6 Å². The van der Waals surface area contributed by atoms with Gasteiger partial charge in [-0.3, -0.25) is 19.2 Å². The molecule has 210 valence electrons. The fourth-order valence-electron chi connectivity index (χ4n) is 5.97. The highest BCUT2D eigenvalue weighted by Crippen LogP contribution is 2.29. The van der Waals surface area contributed by atoms with E-state index in [-0.39, 0.29) is 30.1 Å². The predicted molar refractivity (Wildman–Crippen MR) is 150 cm³/mol. The van der Waals surface area contributed by atoms with E-state index >= 15 is 0 Å². The molecule has 2 aliphatic rings. The Morgan fingerprint density at radius 3 is 2.33 bits per heavy atom. The molecule has 1 saturated heterocycles. The van der Waals surface area contributed by atoms with Crippen LogP contribution < -0.4 is 10.6 Å². The lowest BCUT2D eigenvalue weighted by molar-refractivity contribution is -0.141. The second-order valence-electron chi connectivity index (χ2n) is 11.5. The third kappa shape index (κ3) is 7.37. The molecule has 3 N–H and O–H groups in total. The van der Waals surface area contributed by atoms with Gasteiger partial charge in [-0.25, -0.2) is 0 Å². The molecule has 0 radical (unpaired) electrons. The molecule has 1 aliphatic heterocycles. The number of amides is 3. The van der Waals surface area contributed by atoms with E-state index in [1.165, 1.54) is 6.42 Å². The molecule has 3 amide bonds. The van der Waals surface area contributed by atoms with Crippen LogP contribution in [0.2, 0.25) is 0 Å². The van der Waals surface area contributed by atoms with Gasteiger partial charge in [0, 0.05) is 18.2 Å². The monoisotopic (exact) mass is 535 g/mol. The van der Waals surface area contributed by atoms with Crippen molar-refractivity contribution in [1.82, 2.24) is 15.5 Å². The van der Waals surface area contributed by atoms with Crippen molar-refractivity contribution in [1.29, 1.82) is 0 Å². The Bertz CT molecular complexity index is 1190. The van der Waals surface area contributed by atoms with E-state index in [1.54, 1.807) is 11.0 Å². The van der Waals surface area contributed by atoms with E-state index in [0.29, 0.717) is 37.3 Å². The smallest absolute Gasteiger partial charge is 0.305 e. The summed E-state index contributed by atoms with van der Waals surface area (Å²) >= 11 is 0. The Morgan fingerprint density at radius 2 is 1.64 bits per heavy atom. The molecular weight excluding hydrogens is 494 g/mol. The van der Waals surface area contributed by atoms with Gasteiger partial charge in [-0.2, -0.15) is 0 Å². The minimum atomic E-state index is -0.975. The van der Waals surface area contributed by atoms with Crippen LogP contribution in [0.4, 0.5) is 0 Å². The van der Waals surface area contributed by atoms with Gasteiger partial charge >= 0.3 is 5.97 Å². The Hall–Kier alpha value is -3.42. The van der Waals surface area contributed by atoms with Crippen LogP contribution in [0.1, 0.15) is 82.0 Å². The maximum atomic E-state index is 13.9. The molecule has 8 nitrogen and oxygen atoms in total. The fraction of sp³-hybridized carbons (Fsp3) is 0.548. The zero-order valence-corrected chi connectivity index (χ0v) is 23.0. The number of rotatable bonds is 10. The molecule has 1 heterocycles. The van der Waals surface area contributed by atoms with Crippen molar-refractivity contribution in [3.8, 4) is 0 Å². The molecule has 0 spiro atoms. The number of benzene rings is 2. The third-order valence-corrected chi connectivity index (χ3v) is 8.27. The van der Waals surface area contributed by atoms with Crippen molar-refractivity contribution in [2.24, 2.45) is 11.8 Å². The lowest BCUT2D eigenvalue weighted by Gasteiger charge is -2.32. The van der Waals surface area contributed by atoms with Crippen LogP contribution in [0.3, 0.4) is 0 Å². The summed E-state index contributed by atoms with van der Waals surface area (Å²) in [6.45, 7) is 4.18. The average Bonchev–Trinajstić information content (AvgIpc) is 3.42. The Balaban J connectivity index is 1.51. The van der Waals surface area contributed by atoms with E-state index in [0.717, 1.165) is 36.5 Å². The van der Waals surface area contributed by atoms with E-state index in [1.807, 2.05) is 50.2 Å². The zero-order chi connectivity index (χ0) is 27.9. The summed E-state index contributed by atoms with van der Waals surface area (Å²) in [5, 5.41) is 17.2. The van der Waals surface area contributed by atoms with Gasteiger partial charge in [0.25, 0.3) is 5.91 Å². The van der Waals surface area contributed by atoms with Crippen LogP contribution in [-0.2, 0) is 14.4 Å². The van der Waals surface area contributed by atoms with Gasteiger partial charge < -0.3 is 20.6 Å².